The van der Waals surface area contributed by atoms with Crippen LogP contribution < -0.4 is 5.32 Å². The smallest absolute Gasteiger partial charge is 0.325 e. The molecule has 0 aromatic carbocycles. The van der Waals surface area contributed by atoms with Gasteiger partial charge in [0.2, 0.25) is 0 Å². The highest BCUT2D eigenvalue weighted by Gasteiger charge is 2.07. The molecule has 1 rings (SSSR count). The van der Waals surface area contributed by atoms with Gasteiger partial charge in [0.1, 0.15) is 12.4 Å². The first kappa shape index (κ1) is 12.7. The van der Waals surface area contributed by atoms with Crippen molar-refractivity contribution in [3.8, 4) is 0 Å². The van der Waals surface area contributed by atoms with Crippen LogP contribution in [0.15, 0.2) is 12.4 Å². The molecule has 0 fully saturated rings. The topological polar surface area (TPSA) is 56.2 Å². The Bertz CT molecular complexity index is 323. The second-order valence-electron chi connectivity index (χ2n) is 3.58. The Kier molecular flexibility index (Phi) is 5.56. The minimum atomic E-state index is -0.205. The lowest BCUT2D eigenvalue weighted by atomic mass is 10.4. The number of esters is 1. The highest BCUT2D eigenvalue weighted by Crippen LogP contribution is 1.98. The van der Waals surface area contributed by atoms with Gasteiger partial charge in [0.25, 0.3) is 0 Å². The van der Waals surface area contributed by atoms with Crippen molar-refractivity contribution in [1.29, 1.82) is 0 Å². The van der Waals surface area contributed by atoms with Gasteiger partial charge in [-0.1, -0.05) is 13.3 Å². The minimum absolute atomic E-state index is 0.205. The molecule has 0 unspecified atom stereocenters. The van der Waals surface area contributed by atoms with Crippen LogP contribution in [0.5, 0.6) is 0 Å². The van der Waals surface area contributed by atoms with Crippen LogP contribution in [0.25, 0.3) is 0 Å². The molecule has 1 aromatic heterocycles. The van der Waals surface area contributed by atoms with Gasteiger partial charge in [-0.3, -0.25) is 4.79 Å². The number of imidazole rings is 1. The summed E-state index contributed by atoms with van der Waals surface area (Å²) in [5, 5.41) is 3.00. The lowest BCUT2D eigenvalue weighted by molar-refractivity contribution is -0.144. The average Bonchev–Trinajstić information content (AvgIpc) is 2.67. The molecule has 0 saturated carbocycles. The van der Waals surface area contributed by atoms with E-state index in [9.17, 15) is 4.79 Å². The molecule has 0 amide bonds. The van der Waals surface area contributed by atoms with Gasteiger partial charge in [-0.2, -0.15) is 0 Å². The number of carbonyl (C=O) groups excluding carboxylic acids is 1. The van der Waals surface area contributed by atoms with Crippen LogP contribution in [0.3, 0.4) is 0 Å². The molecule has 5 nitrogen and oxygen atoms in total. The van der Waals surface area contributed by atoms with Crippen molar-refractivity contribution in [2.24, 2.45) is 0 Å². The van der Waals surface area contributed by atoms with Crippen LogP contribution in [-0.2, 0) is 22.6 Å². The Morgan fingerprint density at radius 2 is 2.44 bits per heavy atom. The fourth-order valence-electron chi connectivity index (χ4n) is 1.32. The van der Waals surface area contributed by atoms with Crippen molar-refractivity contribution < 1.29 is 9.53 Å². The number of hydrogen-bond acceptors (Lipinski definition) is 4. The molecule has 0 aliphatic carbocycles. The first-order valence-corrected chi connectivity index (χ1v) is 5.58. The fourth-order valence-corrected chi connectivity index (χ4v) is 1.32. The molecule has 5 heteroatoms. The number of carbonyl (C=O) groups is 1. The molecule has 0 radical (unpaired) electrons. The second kappa shape index (κ2) is 7.00. The Morgan fingerprint density at radius 3 is 3.12 bits per heavy atom. The Labute approximate surface area is 95.8 Å². The van der Waals surface area contributed by atoms with Crippen LogP contribution in [-0.4, -0.2) is 29.2 Å². The monoisotopic (exact) mass is 225 g/mol. The summed E-state index contributed by atoms with van der Waals surface area (Å²) in [6.45, 7) is 3.45. The van der Waals surface area contributed by atoms with Crippen molar-refractivity contribution in [2.45, 2.75) is 32.9 Å². The summed E-state index contributed by atoms with van der Waals surface area (Å²) in [6.07, 6.45) is 5.42. The second-order valence-corrected chi connectivity index (χ2v) is 3.58. The molecule has 0 aliphatic rings. The predicted molar refractivity (Wildman–Crippen MR) is 60.9 cm³/mol. The molecule has 1 aromatic rings. The SMILES string of the molecule is CCCCOC(=O)Cn1ccnc1CNC. The van der Waals surface area contributed by atoms with Crippen LogP contribution in [0.4, 0.5) is 0 Å². The lowest BCUT2D eigenvalue weighted by Gasteiger charge is -2.07. The molecule has 0 bridgehead atoms. The normalized spacial score (nSPS) is 10.4. The van der Waals surface area contributed by atoms with Crippen LogP contribution in [0.2, 0.25) is 0 Å². The number of nitrogens with one attached hydrogen (secondary N) is 1. The number of rotatable bonds is 7. The van der Waals surface area contributed by atoms with E-state index in [2.05, 4.69) is 17.2 Å². The van der Waals surface area contributed by atoms with E-state index in [1.807, 2.05) is 7.05 Å². The zero-order chi connectivity index (χ0) is 11.8. The Balaban J connectivity index is 2.39. The summed E-state index contributed by atoms with van der Waals surface area (Å²) in [6, 6.07) is 0. The van der Waals surface area contributed by atoms with Gasteiger partial charge in [-0.25, -0.2) is 4.98 Å². The molecule has 1 N–H and O–H groups in total. The number of aromatic nitrogens is 2. The lowest BCUT2D eigenvalue weighted by Crippen LogP contribution is -2.18. The molecule has 0 saturated heterocycles. The van der Waals surface area contributed by atoms with Gasteiger partial charge < -0.3 is 14.6 Å². The van der Waals surface area contributed by atoms with E-state index >= 15 is 0 Å². The zero-order valence-electron chi connectivity index (χ0n) is 9.90. The van der Waals surface area contributed by atoms with E-state index in [-0.39, 0.29) is 12.5 Å². The summed E-state index contributed by atoms with van der Waals surface area (Å²) < 4.78 is 6.88. The van der Waals surface area contributed by atoms with E-state index in [0.717, 1.165) is 18.7 Å². The number of ether oxygens (including phenoxy) is 1. The summed E-state index contributed by atoms with van der Waals surface area (Å²) >= 11 is 0. The van der Waals surface area contributed by atoms with Crippen molar-refractivity contribution >= 4 is 5.97 Å². The van der Waals surface area contributed by atoms with Crippen LogP contribution >= 0.6 is 0 Å². The van der Waals surface area contributed by atoms with E-state index in [4.69, 9.17) is 4.74 Å². The quantitative estimate of drug-likeness (QED) is 0.554. The van der Waals surface area contributed by atoms with Gasteiger partial charge in [0, 0.05) is 12.4 Å². The highest BCUT2D eigenvalue weighted by molar-refractivity contribution is 5.69. The Morgan fingerprint density at radius 1 is 1.62 bits per heavy atom. The fraction of sp³-hybridized carbons (Fsp3) is 0.636. The molecular weight excluding hydrogens is 206 g/mol. The van der Waals surface area contributed by atoms with Gasteiger partial charge in [-0.15, -0.1) is 0 Å². The number of nitrogens with zero attached hydrogens (tertiary/aromatic N) is 2. The third-order valence-electron chi connectivity index (χ3n) is 2.20. The van der Waals surface area contributed by atoms with Crippen molar-refractivity contribution in [3.63, 3.8) is 0 Å². The largest absolute Gasteiger partial charge is 0.464 e. The van der Waals surface area contributed by atoms with Gasteiger partial charge in [0.05, 0.1) is 13.2 Å². The molecule has 0 atom stereocenters. The molecule has 90 valence electrons. The summed E-state index contributed by atoms with van der Waals surface area (Å²) in [5.41, 5.74) is 0. The van der Waals surface area contributed by atoms with E-state index in [0.29, 0.717) is 13.2 Å². The van der Waals surface area contributed by atoms with Crippen molar-refractivity contribution in [3.05, 3.63) is 18.2 Å². The van der Waals surface area contributed by atoms with Crippen LogP contribution in [0.1, 0.15) is 25.6 Å². The van der Waals surface area contributed by atoms with Gasteiger partial charge >= 0.3 is 5.97 Å². The Hall–Kier alpha value is -1.36. The molecule has 0 spiro atoms. The maximum atomic E-state index is 11.5. The van der Waals surface area contributed by atoms with E-state index < -0.39 is 0 Å². The van der Waals surface area contributed by atoms with Gasteiger partial charge in [0.15, 0.2) is 0 Å². The van der Waals surface area contributed by atoms with Crippen LogP contribution in [0, 0.1) is 0 Å². The zero-order valence-corrected chi connectivity index (χ0v) is 9.90. The third kappa shape index (κ3) is 4.02. The average molecular weight is 225 g/mol. The third-order valence-corrected chi connectivity index (χ3v) is 2.20. The van der Waals surface area contributed by atoms with Crippen molar-refractivity contribution in [2.75, 3.05) is 13.7 Å². The molecule has 0 aliphatic heterocycles. The van der Waals surface area contributed by atoms with Crippen molar-refractivity contribution in [1.82, 2.24) is 14.9 Å². The molecule has 16 heavy (non-hydrogen) atoms. The molecular formula is C11H19N3O2. The van der Waals surface area contributed by atoms with E-state index in [1.165, 1.54) is 0 Å². The first-order chi connectivity index (χ1) is 7.77. The maximum Gasteiger partial charge on any atom is 0.325 e. The minimum Gasteiger partial charge on any atom is -0.464 e. The maximum absolute atomic E-state index is 11.5. The summed E-state index contributed by atoms with van der Waals surface area (Å²) in [5.74, 6) is 0.638. The van der Waals surface area contributed by atoms with Gasteiger partial charge in [-0.05, 0) is 13.5 Å². The molecule has 1 heterocycles. The predicted octanol–water partition coefficient (Wildman–Crippen LogP) is 0.946. The van der Waals surface area contributed by atoms with E-state index in [1.54, 1.807) is 17.0 Å². The first-order valence-electron chi connectivity index (χ1n) is 5.58. The highest BCUT2D eigenvalue weighted by atomic mass is 16.5. The number of hydrogen-bond donors (Lipinski definition) is 1. The number of unbranched alkanes of at least 4 members (excludes halogenated alkanes) is 1. The summed E-state index contributed by atoms with van der Waals surface area (Å²) in [7, 11) is 1.85. The standard InChI is InChI=1S/C11H19N3O2/c1-3-4-7-16-11(15)9-14-6-5-13-10(14)8-12-2/h5-6,12H,3-4,7-9H2,1-2H3. The summed E-state index contributed by atoms with van der Waals surface area (Å²) in [4.78, 5) is 15.6.